The summed E-state index contributed by atoms with van der Waals surface area (Å²) in [5.74, 6) is 0.139. The number of rotatable bonds is 6. The first kappa shape index (κ1) is 21.9. The first-order valence-corrected chi connectivity index (χ1v) is 11.3. The van der Waals surface area contributed by atoms with Gasteiger partial charge in [-0.1, -0.05) is 24.3 Å². The molecule has 0 bridgehead atoms. The number of carbonyl (C=O) groups is 1. The van der Waals surface area contributed by atoms with Crippen molar-refractivity contribution in [1.29, 1.82) is 0 Å². The van der Waals surface area contributed by atoms with Crippen LogP contribution in [-0.4, -0.2) is 46.0 Å². The van der Waals surface area contributed by atoms with E-state index < -0.39 is 5.69 Å². The molecule has 4 rings (SSSR count). The van der Waals surface area contributed by atoms with Crippen molar-refractivity contribution in [2.75, 3.05) is 24.5 Å². The number of benzene rings is 2. The third-order valence-corrected chi connectivity index (χ3v) is 6.23. The maximum Gasteiger partial charge on any atom is 0.328 e. The lowest BCUT2D eigenvalue weighted by molar-refractivity contribution is -0.132. The molecule has 32 heavy (non-hydrogen) atoms. The fourth-order valence-electron chi connectivity index (χ4n) is 4.48. The molecule has 7 heteroatoms. The van der Waals surface area contributed by atoms with E-state index in [0.29, 0.717) is 49.8 Å². The molecule has 1 fully saturated rings. The molecule has 0 radical (unpaired) electrons. The number of amides is 1. The van der Waals surface area contributed by atoms with Gasteiger partial charge in [0, 0.05) is 44.3 Å². The third kappa shape index (κ3) is 4.61. The molecule has 1 aromatic heterocycles. The maximum atomic E-state index is 12.7. The van der Waals surface area contributed by atoms with Crippen molar-refractivity contribution in [1.82, 2.24) is 14.5 Å². The number of carbonyl (C=O) groups excluding carboxylic acids is 1. The van der Waals surface area contributed by atoms with Crippen LogP contribution in [0.4, 0.5) is 5.69 Å². The van der Waals surface area contributed by atoms with Crippen molar-refractivity contribution in [3.8, 4) is 0 Å². The summed E-state index contributed by atoms with van der Waals surface area (Å²) in [5, 5.41) is 0.503. The van der Waals surface area contributed by atoms with Gasteiger partial charge >= 0.3 is 5.69 Å². The van der Waals surface area contributed by atoms with Gasteiger partial charge < -0.3 is 14.8 Å². The van der Waals surface area contributed by atoms with E-state index in [1.807, 2.05) is 4.90 Å². The molecule has 2 heterocycles. The Morgan fingerprint density at radius 2 is 1.88 bits per heavy atom. The van der Waals surface area contributed by atoms with Crippen molar-refractivity contribution in [3.05, 3.63) is 74.9 Å². The molecule has 1 aliphatic rings. The average molecular weight is 435 g/mol. The normalized spacial score (nSPS) is 16.5. The first-order chi connectivity index (χ1) is 15.4. The minimum atomic E-state index is -0.402. The van der Waals surface area contributed by atoms with E-state index in [4.69, 9.17) is 0 Å². The summed E-state index contributed by atoms with van der Waals surface area (Å²) < 4.78 is 1.23. The minimum absolute atomic E-state index is 0.139. The lowest BCUT2D eigenvalue weighted by atomic mass is 10.1. The van der Waals surface area contributed by atoms with Gasteiger partial charge in [-0.15, -0.1) is 0 Å². The largest absolute Gasteiger partial charge is 0.365 e. The van der Waals surface area contributed by atoms with Crippen molar-refractivity contribution in [2.45, 2.75) is 45.7 Å². The number of aryl methyl sites for hydroxylation is 1. The fraction of sp³-hybridized carbons (Fsp3) is 0.400. The Bertz CT molecular complexity index is 1230. The van der Waals surface area contributed by atoms with Crippen LogP contribution in [0.5, 0.6) is 0 Å². The monoisotopic (exact) mass is 434 g/mol. The second-order valence-electron chi connectivity index (χ2n) is 8.61. The molecule has 2 aromatic carbocycles. The van der Waals surface area contributed by atoms with Gasteiger partial charge in [-0.2, -0.15) is 0 Å². The Kier molecular flexibility index (Phi) is 6.44. The summed E-state index contributed by atoms with van der Waals surface area (Å²) >= 11 is 0. The zero-order valence-electron chi connectivity index (χ0n) is 18.7. The topological polar surface area (TPSA) is 78.4 Å². The van der Waals surface area contributed by atoms with Crippen LogP contribution in [0.25, 0.3) is 10.9 Å². The molecule has 1 saturated heterocycles. The van der Waals surface area contributed by atoms with Gasteiger partial charge in [-0.05, 0) is 56.5 Å². The molecular weight excluding hydrogens is 404 g/mol. The van der Waals surface area contributed by atoms with Gasteiger partial charge in [0.1, 0.15) is 0 Å². The van der Waals surface area contributed by atoms with Crippen molar-refractivity contribution in [3.63, 3.8) is 0 Å². The number of aromatic amines is 1. The van der Waals surface area contributed by atoms with Gasteiger partial charge in [0.15, 0.2) is 0 Å². The highest BCUT2D eigenvalue weighted by molar-refractivity contribution is 5.77. The third-order valence-electron chi connectivity index (χ3n) is 6.23. The number of fused-ring (bicyclic) bond motifs is 1. The van der Waals surface area contributed by atoms with Crippen LogP contribution in [-0.2, 0) is 11.3 Å². The number of aromatic nitrogens is 2. The predicted molar refractivity (Wildman–Crippen MR) is 127 cm³/mol. The van der Waals surface area contributed by atoms with E-state index in [1.165, 1.54) is 15.8 Å². The van der Waals surface area contributed by atoms with Crippen LogP contribution in [0.1, 0.15) is 31.7 Å². The Hall–Kier alpha value is -3.35. The second-order valence-corrected chi connectivity index (χ2v) is 8.61. The highest BCUT2D eigenvalue weighted by atomic mass is 16.2. The second kappa shape index (κ2) is 9.42. The lowest BCUT2D eigenvalue weighted by Crippen LogP contribution is -2.53. The van der Waals surface area contributed by atoms with E-state index in [9.17, 15) is 14.4 Å². The van der Waals surface area contributed by atoms with E-state index >= 15 is 0 Å². The Labute approximate surface area is 187 Å². The summed E-state index contributed by atoms with van der Waals surface area (Å²) in [6.45, 7) is 6.79. The van der Waals surface area contributed by atoms with Gasteiger partial charge in [0.2, 0.25) is 5.91 Å². The number of anilines is 1. The molecule has 0 unspecified atom stereocenters. The number of para-hydroxylation sites is 1. The van der Waals surface area contributed by atoms with Crippen LogP contribution in [0.15, 0.2) is 58.1 Å². The van der Waals surface area contributed by atoms with Crippen molar-refractivity contribution >= 4 is 22.5 Å². The molecule has 168 valence electrons. The predicted octanol–water partition coefficient (Wildman–Crippen LogP) is 2.91. The number of nitrogens with one attached hydrogen (secondary N) is 1. The standard InChI is InChI=1S/C25H30N4O3/c1-18-8-7-9-20(16-18)28-15-14-27(17-19(28)2)23(30)12-5-6-13-29-24(31)21-10-3-4-11-22(21)26-25(29)32/h3-4,7-11,16,19H,5-6,12-15,17H2,1-2H3,(H,26,32)/t19-/m1/s1. The molecule has 3 aromatic rings. The highest BCUT2D eigenvalue weighted by Crippen LogP contribution is 2.22. The summed E-state index contributed by atoms with van der Waals surface area (Å²) in [5.41, 5.74) is 2.30. The van der Waals surface area contributed by atoms with Gasteiger partial charge in [0.05, 0.1) is 10.9 Å². The zero-order valence-corrected chi connectivity index (χ0v) is 18.7. The van der Waals surface area contributed by atoms with Crippen LogP contribution < -0.4 is 16.1 Å². The summed E-state index contributed by atoms with van der Waals surface area (Å²) in [7, 11) is 0. The minimum Gasteiger partial charge on any atom is -0.365 e. The molecule has 1 atom stereocenters. The smallest absolute Gasteiger partial charge is 0.328 e. The first-order valence-electron chi connectivity index (χ1n) is 11.3. The number of hydrogen-bond donors (Lipinski definition) is 1. The van der Waals surface area contributed by atoms with Gasteiger partial charge in [-0.25, -0.2) is 4.79 Å². The number of piperazine rings is 1. The van der Waals surface area contributed by atoms with E-state index in [0.717, 1.165) is 6.54 Å². The number of H-pyrrole nitrogens is 1. The molecule has 1 N–H and O–H groups in total. The molecule has 0 aliphatic carbocycles. The van der Waals surface area contributed by atoms with Gasteiger partial charge in [0.25, 0.3) is 5.56 Å². The Morgan fingerprint density at radius 1 is 1.06 bits per heavy atom. The number of hydrogen-bond acceptors (Lipinski definition) is 4. The number of unbranched alkanes of at least 4 members (excludes halogenated alkanes) is 1. The van der Waals surface area contributed by atoms with E-state index in [2.05, 4.69) is 48.0 Å². The Morgan fingerprint density at radius 3 is 2.66 bits per heavy atom. The lowest BCUT2D eigenvalue weighted by Gasteiger charge is -2.41. The highest BCUT2D eigenvalue weighted by Gasteiger charge is 2.26. The fourth-order valence-corrected chi connectivity index (χ4v) is 4.48. The SMILES string of the molecule is Cc1cccc(N2CCN(C(=O)CCCCn3c(=O)[nH]c4ccccc4c3=O)C[C@H]2C)c1. The van der Waals surface area contributed by atoms with Crippen LogP contribution in [0.2, 0.25) is 0 Å². The zero-order chi connectivity index (χ0) is 22.7. The Balaban J connectivity index is 1.29. The summed E-state index contributed by atoms with van der Waals surface area (Å²) in [6, 6.07) is 15.7. The van der Waals surface area contributed by atoms with Crippen LogP contribution in [0.3, 0.4) is 0 Å². The molecular formula is C25H30N4O3. The van der Waals surface area contributed by atoms with Gasteiger partial charge in [-0.3, -0.25) is 14.2 Å². The summed E-state index contributed by atoms with van der Waals surface area (Å²) in [4.78, 5) is 44.6. The molecule has 7 nitrogen and oxygen atoms in total. The van der Waals surface area contributed by atoms with E-state index in [-0.39, 0.29) is 17.5 Å². The van der Waals surface area contributed by atoms with Crippen molar-refractivity contribution < 1.29 is 4.79 Å². The van der Waals surface area contributed by atoms with Crippen molar-refractivity contribution in [2.24, 2.45) is 0 Å². The molecule has 0 spiro atoms. The molecule has 0 saturated carbocycles. The average Bonchev–Trinajstić information content (AvgIpc) is 2.78. The van der Waals surface area contributed by atoms with E-state index in [1.54, 1.807) is 24.3 Å². The van der Waals surface area contributed by atoms with Crippen LogP contribution >= 0.6 is 0 Å². The quantitative estimate of drug-likeness (QED) is 0.605. The maximum absolute atomic E-state index is 12.7. The molecule has 1 amide bonds. The molecule has 1 aliphatic heterocycles. The number of nitrogens with zero attached hydrogens (tertiary/aromatic N) is 3. The van der Waals surface area contributed by atoms with Crippen LogP contribution in [0, 0.1) is 6.92 Å². The summed E-state index contributed by atoms with van der Waals surface area (Å²) in [6.07, 6.45) is 1.67.